The lowest BCUT2D eigenvalue weighted by molar-refractivity contribution is 0.102. The van der Waals surface area contributed by atoms with Crippen molar-refractivity contribution in [2.24, 2.45) is 0 Å². The predicted octanol–water partition coefficient (Wildman–Crippen LogP) is 5.40. The zero-order chi connectivity index (χ0) is 27.5. The molecule has 0 unspecified atom stereocenters. The van der Waals surface area contributed by atoms with E-state index in [0.717, 1.165) is 42.4 Å². The number of nitrogens with zero attached hydrogens (tertiary/aromatic N) is 2. The number of nitrogens with one attached hydrogen (secondary N) is 2. The summed E-state index contributed by atoms with van der Waals surface area (Å²) in [6, 6.07) is 21.6. The number of rotatable bonds is 9. The van der Waals surface area contributed by atoms with Gasteiger partial charge >= 0.3 is 0 Å². The number of likely N-dealkylation sites (tertiary alicyclic amines) is 1. The normalized spacial score (nSPS) is 12.9. The van der Waals surface area contributed by atoms with Crippen molar-refractivity contribution >= 4 is 28.8 Å². The molecule has 0 bridgehead atoms. The van der Waals surface area contributed by atoms with Crippen molar-refractivity contribution in [2.75, 3.05) is 45.7 Å². The number of hydrogen-bond acceptors (Lipinski definition) is 7. The first kappa shape index (κ1) is 27.8. The first-order valence-corrected chi connectivity index (χ1v) is 13.1. The second-order valence-corrected chi connectivity index (χ2v) is 9.20. The molecule has 0 saturated carbocycles. The van der Waals surface area contributed by atoms with Crippen LogP contribution >= 0.6 is 0 Å². The number of carbonyl (C=O) groups excluding carboxylic acids is 2. The van der Waals surface area contributed by atoms with Gasteiger partial charge in [-0.1, -0.05) is 18.2 Å². The molecule has 0 aliphatic carbocycles. The summed E-state index contributed by atoms with van der Waals surface area (Å²) in [6.07, 6.45) is 4.95. The van der Waals surface area contributed by atoms with Crippen molar-refractivity contribution in [2.45, 2.75) is 12.8 Å². The summed E-state index contributed by atoms with van der Waals surface area (Å²) in [5, 5.41) is 7.33. The highest BCUT2D eigenvalue weighted by molar-refractivity contribution is 6.04. The van der Waals surface area contributed by atoms with Crippen LogP contribution in [0.4, 0.5) is 5.82 Å². The smallest absolute Gasteiger partial charge is 0.256 e. The minimum absolute atomic E-state index is 0.268. The van der Waals surface area contributed by atoms with E-state index in [1.165, 1.54) is 12.8 Å². The van der Waals surface area contributed by atoms with Crippen molar-refractivity contribution in [3.05, 3.63) is 90.1 Å². The quantitative estimate of drug-likeness (QED) is 0.282. The number of pyridine rings is 1. The molecule has 1 aliphatic rings. The summed E-state index contributed by atoms with van der Waals surface area (Å²) < 4.78 is 11.8. The van der Waals surface area contributed by atoms with Gasteiger partial charge in [-0.3, -0.25) is 14.5 Å². The van der Waals surface area contributed by atoms with E-state index in [2.05, 4.69) is 20.5 Å². The van der Waals surface area contributed by atoms with Crippen LogP contribution in [0.1, 0.15) is 33.6 Å². The van der Waals surface area contributed by atoms with Crippen LogP contribution in [0.25, 0.3) is 10.8 Å². The van der Waals surface area contributed by atoms with E-state index in [-0.39, 0.29) is 5.91 Å². The largest absolute Gasteiger partial charge is 0.492 e. The van der Waals surface area contributed by atoms with Crippen LogP contribution in [0.5, 0.6) is 17.2 Å². The third-order valence-electron chi connectivity index (χ3n) is 6.21. The van der Waals surface area contributed by atoms with Gasteiger partial charge in [0.05, 0.1) is 0 Å². The molecule has 2 N–H and O–H groups in total. The topological polar surface area (TPSA) is 92.8 Å². The molecule has 0 atom stereocenters. The second kappa shape index (κ2) is 14.0. The minimum Gasteiger partial charge on any atom is -0.492 e. The van der Waals surface area contributed by atoms with E-state index in [4.69, 9.17) is 9.47 Å². The molecule has 5 rings (SSSR count). The third-order valence-corrected chi connectivity index (χ3v) is 6.21. The zero-order valence-electron chi connectivity index (χ0n) is 22.4. The van der Waals surface area contributed by atoms with Crippen LogP contribution in [0.3, 0.4) is 0 Å². The van der Waals surface area contributed by atoms with Gasteiger partial charge in [0, 0.05) is 29.9 Å². The van der Waals surface area contributed by atoms with E-state index in [1.807, 2.05) is 56.6 Å². The van der Waals surface area contributed by atoms with Crippen molar-refractivity contribution in [3.8, 4) is 17.2 Å². The zero-order valence-corrected chi connectivity index (χ0v) is 22.4. The van der Waals surface area contributed by atoms with Gasteiger partial charge < -0.3 is 20.1 Å². The first-order valence-electron chi connectivity index (χ1n) is 13.1. The van der Waals surface area contributed by atoms with Crippen LogP contribution in [-0.4, -0.2) is 62.4 Å². The van der Waals surface area contributed by atoms with Gasteiger partial charge in [0.1, 0.15) is 29.7 Å². The Kier molecular flexibility index (Phi) is 9.99. The van der Waals surface area contributed by atoms with E-state index in [1.54, 1.807) is 36.5 Å². The van der Waals surface area contributed by atoms with Crippen molar-refractivity contribution in [1.82, 2.24) is 15.2 Å². The number of carbonyl (C=O) groups is 2. The fourth-order valence-electron chi connectivity index (χ4n) is 4.32. The Morgan fingerprint density at radius 2 is 1.67 bits per heavy atom. The fraction of sp³-hybridized carbons (Fsp3) is 0.258. The van der Waals surface area contributed by atoms with E-state index < -0.39 is 0 Å². The summed E-state index contributed by atoms with van der Waals surface area (Å²) in [6.45, 7) is 3.85. The number of ether oxygens (including phenoxy) is 2. The average molecular weight is 527 g/mol. The fourth-order valence-corrected chi connectivity index (χ4v) is 4.32. The Balaban J connectivity index is 0.00000112. The lowest BCUT2D eigenvalue weighted by atomic mass is 10.1. The van der Waals surface area contributed by atoms with Crippen LogP contribution < -0.4 is 20.1 Å². The monoisotopic (exact) mass is 526 g/mol. The van der Waals surface area contributed by atoms with Gasteiger partial charge in [-0.25, -0.2) is 4.98 Å². The highest BCUT2D eigenvalue weighted by Crippen LogP contribution is 2.28. The summed E-state index contributed by atoms with van der Waals surface area (Å²) in [5.74, 6) is 2.01. The Hall–Kier alpha value is -4.27. The molecule has 2 heterocycles. The Morgan fingerprint density at radius 3 is 2.41 bits per heavy atom. The highest BCUT2D eigenvalue weighted by Gasteiger charge is 2.12. The summed E-state index contributed by atoms with van der Waals surface area (Å²) >= 11 is 0. The van der Waals surface area contributed by atoms with Crippen LogP contribution in [-0.2, 0) is 0 Å². The third kappa shape index (κ3) is 7.86. The van der Waals surface area contributed by atoms with Gasteiger partial charge in [0.25, 0.3) is 5.91 Å². The molecule has 8 nitrogen and oxygen atoms in total. The second-order valence-electron chi connectivity index (χ2n) is 9.20. The van der Waals surface area contributed by atoms with E-state index >= 15 is 0 Å². The molecule has 1 aliphatic heterocycles. The van der Waals surface area contributed by atoms with Crippen molar-refractivity contribution in [3.63, 3.8) is 0 Å². The maximum Gasteiger partial charge on any atom is 0.256 e. The molecule has 8 heteroatoms. The molecular formula is C31H34N4O4. The number of anilines is 1. The molecule has 202 valence electrons. The van der Waals surface area contributed by atoms with E-state index in [9.17, 15) is 9.59 Å². The number of amides is 1. The van der Waals surface area contributed by atoms with Crippen LogP contribution in [0.2, 0.25) is 0 Å². The Morgan fingerprint density at radius 1 is 0.949 bits per heavy atom. The summed E-state index contributed by atoms with van der Waals surface area (Å²) in [4.78, 5) is 30.6. The molecule has 1 amide bonds. The highest BCUT2D eigenvalue weighted by atomic mass is 16.5. The standard InChI is InChI=1S/C29H27N3O4.C2H7N/c33-20-23-5-3-4-22-18-25(10-11-27(22)23)36-26-12-13-30-28(19-26)31-29(34)21-6-8-24(9-7-21)35-17-16-32-14-1-2-15-32;1-3-2/h3-13,18-20H,1-2,14-17H2,(H,30,31,34);3H,1-2H3. The number of fused-ring (bicyclic) bond motifs is 1. The Labute approximate surface area is 229 Å². The molecule has 1 aromatic heterocycles. The molecule has 1 fully saturated rings. The van der Waals surface area contributed by atoms with Gasteiger partial charge in [0.15, 0.2) is 6.29 Å². The summed E-state index contributed by atoms with van der Waals surface area (Å²) in [5.41, 5.74) is 1.14. The molecule has 39 heavy (non-hydrogen) atoms. The van der Waals surface area contributed by atoms with Crippen LogP contribution in [0.15, 0.2) is 79.0 Å². The maximum absolute atomic E-state index is 12.7. The molecule has 0 spiro atoms. The summed E-state index contributed by atoms with van der Waals surface area (Å²) in [7, 11) is 3.75. The number of benzene rings is 3. The van der Waals surface area contributed by atoms with Crippen molar-refractivity contribution < 1.29 is 19.1 Å². The van der Waals surface area contributed by atoms with Crippen molar-refractivity contribution in [1.29, 1.82) is 0 Å². The lowest BCUT2D eigenvalue weighted by Gasteiger charge is -2.15. The minimum atomic E-state index is -0.268. The number of hydrogen-bond donors (Lipinski definition) is 2. The Bertz CT molecular complexity index is 1390. The predicted molar refractivity (Wildman–Crippen MR) is 154 cm³/mol. The van der Waals surface area contributed by atoms with Gasteiger partial charge in [-0.15, -0.1) is 0 Å². The molecule has 1 saturated heterocycles. The molecule has 3 aromatic carbocycles. The maximum atomic E-state index is 12.7. The van der Waals surface area contributed by atoms with Gasteiger partial charge in [-0.05, 0) is 99.3 Å². The molecule has 4 aromatic rings. The van der Waals surface area contributed by atoms with E-state index in [0.29, 0.717) is 35.1 Å². The SMILES string of the molecule is CNC.O=Cc1cccc2cc(Oc3ccnc(NC(=O)c4ccc(OCCN5CCCC5)cc4)c3)ccc12. The first-order chi connectivity index (χ1) is 19.1. The average Bonchev–Trinajstić information content (AvgIpc) is 3.47. The molecular weight excluding hydrogens is 492 g/mol. The van der Waals surface area contributed by atoms with Gasteiger partial charge in [0.2, 0.25) is 0 Å². The van der Waals surface area contributed by atoms with Gasteiger partial charge in [-0.2, -0.15) is 0 Å². The number of aromatic nitrogens is 1. The lowest BCUT2D eigenvalue weighted by Crippen LogP contribution is -2.25. The van der Waals surface area contributed by atoms with Crippen LogP contribution in [0, 0.1) is 0 Å². The molecule has 0 radical (unpaired) electrons. The number of aldehydes is 1.